The van der Waals surface area contributed by atoms with Crippen LogP contribution in [-0.2, 0) is 9.53 Å². The van der Waals surface area contributed by atoms with Gasteiger partial charge < -0.3 is 15.0 Å². The Hall–Kier alpha value is -1.88. The van der Waals surface area contributed by atoms with Gasteiger partial charge in [-0.05, 0) is 64.3 Å². The predicted molar refractivity (Wildman–Crippen MR) is 89.6 cm³/mol. The molecule has 1 aromatic rings. The van der Waals surface area contributed by atoms with Gasteiger partial charge in [-0.15, -0.1) is 0 Å². The van der Waals surface area contributed by atoms with E-state index in [1.165, 1.54) is 24.2 Å². The minimum atomic E-state index is -0.343. The number of likely N-dealkylation sites (tertiary alicyclic amines) is 1. The molecule has 1 aliphatic heterocycles. The van der Waals surface area contributed by atoms with Gasteiger partial charge in [0.15, 0.2) is 6.54 Å². The summed E-state index contributed by atoms with van der Waals surface area (Å²) in [5.41, 5.74) is 1.20. The van der Waals surface area contributed by atoms with Crippen molar-refractivity contribution in [1.29, 1.82) is 0 Å². The highest BCUT2D eigenvalue weighted by molar-refractivity contribution is 5.93. The third kappa shape index (κ3) is 5.36. The van der Waals surface area contributed by atoms with E-state index in [9.17, 15) is 9.59 Å². The van der Waals surface area contributed by atoms with E-state index in [1.807, 2.05) is 13.8 Å². The second-order valence-electron chi connectivity index (χ2n) is 6.56. The SMILES string of the molecule is CC(C)OC(=O)c1ccc(NC(=O)C[NH+]2CCCC[C@H]2C)cc1. The first-order valence-electron chi connectivity index (χ1n) is 8.41. The van der Waals surface area contributed by atoms with Crippen molar-refractivity contribution in [2.24, 2.45) is 0 Å². The fourth-order valence-corrected chi connectivity index (χ4v) is 2.90. The molecule has 1 aromatic carbocycles. The second kappa shape index (κ2) is 8.11. The summed E-state index contributed by atoms with van der Waals surface area (Å²) in [6.07, 6.45) is 3.51. The lowest BCUT2D eigenvalue weighted by Gasteiger charge is -2.29. The number of carbonyl (C=O) groups excluding carboxylic acids is 2. The van der Waals surface area contributed by atoms with Crippen molar-refractivity contribution in [3.63, 3.8) is 0 Å². The van der Waals surface area contributed by atoms with Crippen LogP contribution in [0.2, 0.25) is 0 Å². The number of rotatable bonds is 5. The van der Waals surface area contributed by atoms with E-state index in [2.05, 4.69) is 12.2 Å². The first-order valence-corrected chi connectivity index (χ1v) is 8.41. The van der Waals surface area contributed by atoms with Gasteiger partial charge in [0.25, 0.3) is 5.91 Å². The molecule has 126 valence electrons. The molecular weight excluding hydrogens is 292 g/mol. The smallest absolute Gasteiger partial charge is 0.338 e. The van der Waals surface area contributed by atoms with Gasteiger partial charge in [-0.25, -0.2) is 4.79 Å². The van der Waals surface area contributed by atoms with Crippen molar-refractivity contribution < 1.29 is 19.2 Å². The van der Waals surface area contributed by atoms with Gasteiger partial charge >= 0.3 is 5.97 Å². The average molecular weight is 319 g/mol. The number of benzene rings is 1. The van der Waals surface area contributed by atoms with Crippen molar-refractivity contribution >= 4 is 17.6 Å². The van der Waals surface area contributed by atoms with E-state index >= 15 is 0 Å². The molecule has 1 fully saturated rings. The van der Waals surface area contributed by atoms with Crippen LogP contribution in [0.1, 0.15) is 50.4 Å². The Morgan fingerprint density at radius 3 is 2.57 bits per heavy atom. The minimum Gasteiger partial charge on any atom is -0.459 e. The number of amides is 1. The molecule has 1 aliphatic rings. The summed E-state index contributed by atoms with van der Waals surface area (Å²) in [7, 11) is 0. The summed E-state index contributed by atoms with van der Waals surface area (Å²) in [6.45, 7) is 7.40. The molecule has 0 saturated carbocycles. The molecule has 1 amide bonds. The maximum atomic E-state index is 12.2. The Morgan fingerprint density at radius 2 is 1.96 bits per heavy atom. The molecule has 5 heteroatoms. The van der Waals surface area contributed by atoms with Crippen LogP contribution in [0, 0.1) is 0 Å². The molecule has 5 nitrogen and oxygen atoms in total. The Labute approximate surface area is 138 Å². The molecule has 1 saturated heterocycles. The zero-order valence-electron chi connectivity index (χ0n) is 14.2. The molecule has 0 bridgehead atoms. The zero-order valence-corrected chi connectivity index (χ0v) is 14.2. The number of hydrogen-bond donors (Lipinski definition) is 2. The molecule has 0 aromatic heterocycles. The standard InChI is InChI=1S/C18H26N2O3/c1-13(2)23-18(22)15-7-9-16(10-8-15)19-17(21)12-20-11-5-4-6-14(20)3/h7-10,13-14H,4-6,11-12H2,1-3H3,(H,19,21)/p+1/t14-/m1/s1. The predicted octanol–water partition coefficient (Wildman–Crippen LogP) is 1.65. The molecule has 2 atom stereocenters. The summed E-state index contributed by atoms with van der Waals surface area (Å²) in [6, 6.07) is 7.38. The van der Waals surface area contributed by atoms with Crippen LogP contribution in [0.3, 0.4) is 0 Å². The molecule has 1 unspecified atom stereocenters. The molecule has 23 heavy (non-hydrogen) atoms. The van der Waals surface area contributed by atoms with Crippen molar-refractivity contribution in [3.05, 3.63) is 29.8 Å². The third-order valence-electron chi connectivity index (χ3n) is 4.22. The molecule has 0 radical (unpaired) electrons. The molecule has 2 rings (SSSR count). The van der Waals surface area contributed by atoms with E-state index in [0.717, 1.165) is 6.54 Å². The molecule has 2 N–H and O–H groups in total. The fourth-order valence-electron chi connectivity index (χ4n) is 2.90. The lowest BCUT2D eigenvalue weighted by atomic mass is 10.0. The maximum Gasteiger partial charge on any atom is 0.338 e. The van der Waals surface area contributed by atoms with Crippen LogP contribution in [0.5, 0.6) is 0 Å². The number of piperidine rings is 1. The highest BCUT2D eigenvalue weighted by atomic mass is 16.5. The summed E-state index contributed by atoms with van der Waals surface area (Å²) in [5, 5.41) is 2.90. The van der Waals surface area contributed by atoms with Gasteiger partial charge in [-0.1, -0.05) is 0 Å². The molecule has 0 aliphatic carbocycles. The van der Waals surface area contributed by atoms with Crippen molar-refractivity contribution in [3.8, 4) is 0 Å². The second-order valence-corrected chi connectivity index (χ2v) is 6.56. The van der Waals surface area contributed by atoms with Crippen LogP contribution in [0.25, 0.3) is 0 Å². The average Bonchev–Trinajstić information content (AvgIpc) is 2.49. The zero-order chi connectivity index (χ0) is 16.8. The van der Waals surface area contributed by atoms with Gasteiger partial charge in [0, 0.05) is 5.69 Å². The highest BCUT2D eigenvalue weighted by Gasteiger charge is 2.24. The van der Waals surface area contributed by atoms with Crippen LogP contribution < -0.4 is 10.2 Å². The quantitative estimate of drug-likeness (QED) is 0.811. The maximum absolute atomic E-state index is 12.2. The topological polar surface area (TPSA) is 59.8 Å². The Kier molecular flexibility index (Phi) is 6.16. The number of anilines is 1. The van der Waals surface area contributed by atoms with Gasteiger partial charge in [-0.2, -0.15) is 0 Å². The number of ether oxygens (including phenoxy) is 1. The lowest BCUT2D eigenvalue weighted by molar-refractivity contribution is -0.920. The fraction of sp³-hybridized carbons (Fsp3) is 0.556. The van der Waals surface area contributed by atoms with Crippen LogP contribution in [-0.4, -0.2) is 37.1 Å². The minimum absolute atomic E-state index is 0.0197. The van der Waals surface area contributed by atoms with Crippen LogP contribution >= 0.6 is 0 Å². The van der Waals surface area contributed by atoms with Crippen molar-refractivity contribution in [2.45, 2.75) is 52.2 Å². The summed E-state index contributed by atoms with van der Waals surface area (Å²) in [5.74, 6) is -0.323. The van der Waals surface area contributed by atoms with Crippen molar-refractivity contribution in [1.82, 2.24) is 0 Å². The van der Waals surface area contributed by atoms with Gasteiger partial charge in [0.2, 0.25) is 0 Å². The first-order chi connectivity index (χ1) is 11.0. The van der Waals surface area contributed by atoms with Gasteiger partial charge in [-0.3, -0.25) is 4.79 Å². The Bertz CT molecular complexity index is 540. The molecular formula is C18H27N2O3+. The van der Waals surface area contributed by atoms with E-state index < -0.39 is 0 Å². The van der Waals surface area contributed by atoms with Gasteiger partial charge in [0.05, 0.1) is 24.3 Å². The number of hydrogen-bond acceptors (Lipinski definition) is 3. The normalized spacial score (nSPS) is 21.0. The van der Waals surface area contributed by atoms with Gasteiger partial charge in [0.1, 0.15) is 0 Å². The van der Waals surface area contributed by atoms with E-state index in [0.29, 0.717) is 23.8 Å². The van der Waals surface area contributed by atoms with E-state index in [-0.39, 0.29) is 18.0 Å². The summed E-state index contributed by atoms with van der Waals surface area (Å²) >= 11 is 0. The molecule has 0 spiro atoms. The molecule has 1 heterocycles. The Morgan fingerprint density at radius 1 is 1.26 bits per heavy atom. The highest BCUT2D eigenvalue weighted by Crippen LogP contribution is 2.11. The van der Waals surface area contributed by atoms with Crippen LogP contribution in [0.15, 0.2) is 24.3 Å². The number of nitrogens with one attached hydrogen (secondary N) is 2. The number of quaternary nitrogens is 1. The van der Waals surface area contributed by atoms with E-state index in [1.54, 1.807) is 24.3 Å². The monoisotopic (exact) mass is 319 g/mol. The number of esters is 1. The van der Waals surface area contributed by atoms with Crippen LogP contribution in [0.4, 0.5) is 5.69 Å². The third-order valence-corrected chi connectivity index (χ3v) is 4.22. The van der Waals surface area contributed by atoms with Crippen molar-refractivity contribution in [2.75, 3.05) is 18.4 Å². The first kappa shape index (κ1) is 17.5. The summed E-state index contributed by atoms with van der Waals surface area (Å²) < 4.78 is 5.14. The largest absolute Gasteiger partial charge is 0.459 e. The Balaban J connectivity index is 1.87. The number of carbonyl (C=O) groups is 2. The van der Waals surface area contributed by atoms with E-state index in [4.69, 9.17) is 4.74 Å². The summed E-state index contributed by atoms with van der Waals surface area (Å²) in [4.78, 5) is 25.3. The lowest BCUT2D eigenvalue weighted by Crippen LogP contribution is -3.17.